The fourth-order valence-electron chi connectivity index (χ4n) is 4.58. The number of anilines is 1. The van der Waals surface area contributed by atoms with Crippen LogP contribution < -0.4 is 14.8 Å². The number of ether oxygens (including phenoxy) is 2. The number of nitrogens with one attached hydrogen (secondary N) is 1. The predicted octanol–water partition coefficient (Wildman–Crippen LogP) is 4.56. The highest BCUT2D eigenvalue weighted by atomic mass is 16.5. The smallest absolute Gasteiger partial charge is 0.163 e. The van der Waals surface area contributed by atoms with E-state index in [4.69, 9.17) is 9.47 Å². The minimum Gasteiger partial charge on any atom is -0.493 e. The molecule has 5 rings (SSSR count). The molecule has 2 atom stereocenters. The van der Waals surface area contributed by atoms with Gasteiger partial charge in [0.15, 0.2) is 11.5 Å². The number of benzene rings is 2. The number of piperidine rings is 1. The highest BCUT2D eigenvalue weighted by molar-refractivity contribution is 5.96. The molecule has 2 aromatic carbocycles. The third-order valence-corrected chi connectivity index (χ3v) is 6.58. The number of methoxy groups -OCH3 is 1. The van der Waals surface area contributed by atoms with Gasteiger partial charge in [-0.05, 0) is 37.9 Å². The molecule has 1 saturated carbocycles. The summed E-state index contributed by atoms with van der Waals surface area (Å²) in [6.45, 7) is 2.06. The number of nitriles is 1. The molecule has 0 bridgehead atoms. The Hall–Kier alpha value is -3.30. The molecule has 1 aromatic heterocycles. The van der Waals surface area contributed by atoms with Crippen LogP contribution in [0.1, 0.15) is 36.3 Å². The minimum absolute atomic E-state index is 0.173. The van der Waals surface area contributed by atoms with E-state index in [-0.39, 0.29) is 6.10 Å². The van der Waals surface area contributed by atoms with Crippen LogP contribution in [0.2, 0.25) is 0 Å². The van der Waals surface area contributed by atoms with Gasteiger partial charge in [0.1, 0.15) is 12.2 Å². The molecule has 1 saturated heterocycles. The van der Waals surface area contributed by atoms with E-state index >= 15 is 0 Å². The Labute approximate surface area is 188 Å². The molecule has 0 unspecified atom stereocenters. The quantitative estimate of drug-likeness (QED) is 0.621. The number of aromatic nitrogens is 1. The minimum atomic E-state index is 0.173. The number of hydrogen-bond acceptors (Lipinski definition) is 6. The van der Waals surface area contributed by atoms with Crippen molar-refractivity contribution in [1.29, 1.82) is 5.26 Å². The summed E-state index contributed by atoms with van der Waals surface area (Å²) in [6, 6.07) is 17.0. The second kappa shape index (κ2) is 8.68. The first-order valence-electron chi connectivity index (χ1n) is 11.2. The molecule has 1 N–H and O–H groups in total. The number of fused-ring (bicyclic) bond motifs is 1. The first kappa shape index (κ1) is 20.6. The molecule has 6 nitrogen and oxygen atoms in total. The summed E-state index contributed by atoms with van der Waals surface area (Å²) in [5.41, 5.74) is 3.49. The van der Waals surface area contributed by atoms with Gasteiger partial charge in [-0.15, -0.1) is 0 Å². The van der Waals surface area contributed by atoms with Crippen molar-refractivity contribution in [1.82, 2.24) is 9.88 Å². The van der Waals surface area contributed by atoms with Crippen LogP contribution in [0.3, 0.4) is 0 Å². The molecule has 32 heavy (non-hydrogen) atoms. The summed E-state index contributed by atoms with van der Waals surface area (Å²) in [5.74, 6) is 1.85. The highest BCUT2D eigenvalue weighted by Gasteiger charge is 2.39. The van der Waals surface area contributed by atoms with E-state index in [0.29, 0.717) is 29.0 Å². The third kappa shape index (κ3) is 4.09. The van der Waals surface area contributed by atoms with Gasteiger partial charge in [0.2, 0.25) is 0 Å². The molecule has 3 aromatic rings. The van der Waals surface area contributed by atoms with Crippen LogP contribution >= 0.6 is 0 Å². The van der Waals surface area contributed by atoms with Gasteiger partial charge in [-0.25, -0.2) is 0 Å². The molecular formula is C26H28N4O2. The van der Waals surface area contributed by atoms with Gasteiger partial charge in [-0.2, -0.15) is 5.26 Å². The lowest BCUT2D eigenvalue weighted by atomic mass is 10.1. The average molecular weight is 429 g/mol. The molecule has 2 aliphatic rings. The number of pyridine rings is 1. The van der Waals surface area contributed by atoms with E-state index < -0.39 is 0 Å². The van der Waals surface area contributed by atoms with Crippen molar-refractivity contribution in [2.45, 2.75) is 37.3 Å². The van der Waals surface area contributed by atoms with Crippen LogP contribution in [0.25, 0.3) is 10.9 Å². The van der Waals surface area contributed by atoms with Gasteiger partial charge >= 0.3 is 0 Å². The van der Waals surface area contributed by atoms with Crippen LogP contribution in [0.15, 0.2) is 48.7 Å². The lowest BCUT2D eigenvalue weighted by Crippen LogP contribution is -2.35. The zero-order valence-electron chi connectivity index (χ0n) is 18.5. The van der Waals surface area contributed by atoms with Crippen molar-refractivity contribution >= 4 is 16.6 Å². The maximum Gasteiger partial charge on any atom is 0.163 e. The Morgan fingerprint density at radius 1 is 1.12 bits per heavy atom. The van der Waals surface area contributed by atoms with Crippen molar-refractivity contribution in [2.24, 2.45) is 0 Å². The second-order valence-electron chi connectivity index (χ2n) is 8.80. The van der Waals surface area contributed by atoms with Gasteiger partial charge in [-0.1, -0.05) is 30.3 Å². The predicted molar refractivity (Wildman–Crippen MR) is 125 cm³/mol. The number of rotatable bonds is 6. The van der Waals surface area contributed by atoms with E-state index in [1.165, 1.54) is 5.56 Å². The molecule has 0 radical (unpaired) electrons. The summed E-state index contributed by atoms with van der Waals surface area (Å²) in [4.78, 5) is 6.87. The monoisotopic (exact) mass is 428 g/mol. The Balaban J connectivity index is 1.44. The first-order valence-corrected chi connectivity index (χ1v) is 11.2. The van der Waals surface area contributed by atoms with Crippen molar-refractivity contribution in [3.8, 4) is 17.6 Å². The molecule has 2 heterocycles. The fraction of sp³-hybridized carbons (Fsp3) is 0.385. The lowest BCUT2D eigenvalue weighted by molar-refractivity contribution is 0.111. The Morgan fingerprint density at radius 2 is 1.91 bits per heavy atom. The molecule has 1 aliphatic heterocycles. The van der Waals surface area contributed by atoms with E-state index in [2.05, 4.69) is 52.6 Å². The zero-order chi connectivity index (χ0) is 22.1. The number of nitrogens with zero attached hydrogens (tertiary/aromatic N) is 3. The fourth-order valence-corrected chi connectivity index (χ4v) is 4.58. The Kier molecular flexibility index (Phi) is 5.59. The number of hydrogen-bond donors (Lipinski definition) is 1. The van der Waals surface area contributed by atoms with E-state index in [1.54, 1.807) is 13.3 Å². The third-order valence-electron chi connectivity index (χ3n) is 6.58. The summed E-state index contributed by atoms with van der Waals surface area (Å²) in [7, 11) is 3.80. The summed E-state index contributed by atoms with van der Waals surface area (Å²) >= 11 is 0. The van der Waals surface area contributed by atoms with Crippen molar-refractivity contribution < 1.29 is 9.47 Å². The Bertz CT molecular complexity index is 1150. The second-order valence-corrected chi connectivity index (χ2v) is 8.80. The molecule has 0 amide bonds. The van der Waals surface area contributed by atoms with E-state index in [1.807, 2.05) is 18.2 Å². The molecular weight excluding hydrogens is 400 g/mol. The average Bonchev–Trinajstić information content (AvgIpc) is 3.60. The molecule has 6 heteroatoms. The van der Waals surface area contributed by atoms with Crippen molar-refractivity contribution in [2.75, 3.05) is 32.6 Å². The SMILES string of the molecule is COc1cc2c(N[C@@H]3C[C@H]3c3ccccc3)c(C#N)cnc2cc1OC1CCN(C)CC1. The van der Waals surface area contributed by atoms with Crippen LogP contribution in [0, 0.1) is 11.3 Å². The highest BCUT2D eigenvalue weighted by Crippen LogP contribution is 2.45. The standard InChI is InChI=1S/C26H28N4O2/c1-30-10-8-19(9-11-30)32-25-14-22-21(13-24(25)31-2)26(18(15-27)16-28-22)29-23-12-20(23)17-6-4-3-5-7-17/h3-7,13-14,16,19-20,23H,8-12H2,1-2H3,(H,28,29)/t20-,23+/m0/s1. The zero-order valence-corrected chi connectivity index (χ0v) is 18.5. The number of likely N-dealkylation sites (tertiary alicyclic amines) is 1. The Morgan fingerprint density at radius 3 is 2.62 bits per heavy atom. The van der Waals surface area contributed by atoms with E-state index in [0.717, 1.165) is 48.9 Å². The van der Waals surface area contributed by atoms with Crippen LogP contribution in [-0.2, 0) is 0 Å². The molecule has 164 valence electrons. The van der Waals surface area contributed by atoms with Crippen LogP contribution in [-0.4, -0.2) is 49.3 Å². The maximum absolute atomic E-state index is 9.72. The summed E-state index contributed by atoms with van der Waals surface area (Å²) in [6.07, 6.45) is 4.86. The topological polar surface area (TPSA) is 70.4 Å². The largest absolute Gasteiger partial charge is 0.493 e. The van der Waals surface area contributed by atoms with E-state index in [9.17, 15) is 5.26 Å². The van der Waals surface area contributed by atoms with Gasteiger partial charge in [0.05, 0.1) is 23.9 Å². The molecule has 1 aliphatic carbocycles. The van der Waals surface area contributed by atoms with Gasteiger partial charge in [0, 0.05) is 42.7 Å². The van der Waals surface area contributed by atoms with Crippen LogP contribution in [0.5, 0.6) is 11.5 Å². The normalized spacial score (nSPS) is 21.2. The first-order chi connectivity index (χ1) is 15.7. The van der Waals surface area contributed by atoms with Crippen molar-refractivity contribution in [3.05, 3.63) is 59.8 Å². The maximum atomic E-state index is 9.72. The lowest BCUT2D eigenvalue weighted by Gasteiger charge is -2.29. The van der Waals surface area contributed by atoms with Gasteiger partial charge in [0.25, 0.3) is 0 Å². The molecule has 2 fully saturated rings. The van der Waals surface area contributed by atoms with Crippen molar-refractivity contribution in [3.63, 3.8) is 0 Å². The summed E-state index contributed by atoms with van der Waals surface area (Å²) < 4.78 is 12.0. The molecule has 0 spiro atoms. The van der Waals surface area contributed by atoms with Gasteiger partial charge < -0.3 is 19.7 Å². The van der Waals surface area contributed by atoms with Gasteiger partial charge in [-0.3, -0.25) is 4.98 Å². The van der Waals surface area contributed by atoms with Crippen LogP contribution in [0.4, 0.5) is 5.69 Å². The summed E-state index contributed by atoms with van der Waals surface area (Å²) in [5, 5.41) is 14.2.